The van der Waals surface area contributed by atoms with E-state index in [4.69, 9.17) is 11.6 Å². The Bertz CT molecular complexity index is 578. The van der Waals surface area contributed by atoms with Crippen LogP contribution in [0.4, 0.5) is 0 Å². The Morgan fingerprint density at radius 2 is 2.31 bits per heavy atom. The molecule has 2 aromatic rings. The fourth-order valence-electron chi connectivity index (χ4n) is 1.20. The van der Waals surface area contributed by atoms with E-state index >= 15 is 0 Å². The smallest absolute Gasteiger partial charge is 0.269 e. The lowest BCUT2D eigenvalue weighted by Crippen LogP contribution is -2.22. The van der Waals surface area contributed by atoms with Gasteiger partial charge in [-0.1, -0.05) is 16.8 Å². The van der Waals surface area contributed by atoms with Gasteiger partial charge in [0.05, 0.1) is 12.9 Å². The summed E-state index contributed by atoms with van der Waals surface area (Å²) in [6.45, 7) is 0.315. The fraction of sp³-hybridized carbons (Fsp3) is 0.250. The first-order valence-electron chi connectivity index (χ1n) is 4.33. The summed E-state index contributed by atoms with van der Waals surface area (Å²) >= 11 is 8.77. The monoisotopic (exact) mass is 303 g/mol. The molecule has 0 saturated heterocycles. The molecule has 0 saturated carbocycles. The molecule has 0 unspecified atom stereocenters. The first kappa shape index (κ1) is 11.3. The molecule has 0 N–H and O–H groups in total. The van der Waals surface area contributed by atoms with Gasteiger partial charge in [0.1, 0.15) is 10.2 Å². The van der Waals surface area contributed by atoms with Gasteiger partial charge in [-0.25, -0.2) is 4.98 Å². The van der Waals surface area contributed by atoms with Crippen LogP contribution in [0.3, 0.4) is 0 Å². The minimum atomic E-state index is -0.245. The van der Waals surface area contributed by atoms with Crippen LogP contribution in [0.25, 0.3) is 0 Å². The lowest BCUT2D eigenvalue weighted by atomic mass is 10.4. The molecule has 2 heterocycles. The normalized spacial score (nSPS) is 10.7. The van der Waals surface area contributed by atoms with Crippen molar-refractivity contribution in [1.82, 2.24) is 24.5 Å². The number of hydrogen-bond donors (Lipinski definition) is 0. The Labute approximate surface area is 104 Å². The summed E-state index contributed by atoms with van der Waals surface area (Å²) in [4.78, 5) is 15.6. The second-order valence-corrected chi connectivity index (χ2v) is 4.32. The van der Waals surface area contributed by atoms with Crippen LogP contribution in [0.15, 0.2) is 21.8 Å². The summed E-state index contributed by atoms with van der Waals surface area (Å²) in [6, 6.07) is 0. The largest absolute Gasteiger partial charge is 0.292 e. The van der Waals surface area contributed by atoms with E-state index in [1.54, 1.807) is 17.9 Å². The van der Waals surface area contributed by atoms with Gasteiger partial charge < -0.3 is 0 Å². The molecule has 16 heavy (non-hydrogen) atoms. The van der Waals surface area contributed by atoms with E-state index in [0.717, 1.165) is 0 Å². The molecule has 2 aromatic heterocycles. The van der Waals surface area contributed by atoms with E-state index in [2.05, 4.69) is 31.2 Å². The number of aryl methyl sites for hydroxylation is 1. The quantitative estimate of drug-likeness (QED) is 0.771. The van der Waals surface area contributed by atoms with Crippen LogP contribution in [0.5, 0.6) is 0 Å². The molecule has 8 heteroatoms. The van der Waals surface area contributed by atoms with Gasteiger partial charge in [0.15, 0.2) is 5.15 Å². The third kappa shape index (κ3) is 2.14. The van der Waals surface area contributed by atoms with Crippen molar-refractivity contribution in [2.24, 2.45) is 7.05 Å². The average Bonchev–Trinajstić information content (AvgIpc) is 2.65. The third-order valence-corrected chi connectivity index (χ3v) is 3.15. The average molecular weight is 305 g/mol. The van der Waals surface area contributed by atoms with Crippen molar-refractivity contribution in [1.29, 1.82) is 0 Å². The number of rotatable bonds is 2. The lowest BCUT2D eigenvalue weighted by Gasteiger charge is -2.03. The van der Waals surface area contributed by atoms with Crippen LogP contribution in [0.2, 0.25) is 5.15 Å². The Balaban J connectivity index is 2.36. The molecule has 6 nitrogen and oxygen atoms in total. The molecule has 0 spiro atoms. The first-order valence-corrected chi connectivity index (χ1v) is 5.50. The highest BCUT2D eigenvalue weighted by Gasteiger charge is 2.08. The highest BCUT2D eigenvalue weighted by atomic mass is 79.9. The van der Waals surface area contributed by atoms with E-state index in [0.29, 0.717) is 12.2 Å². The van der Waals surface area contributed by atoms with Crippen LogP contribution in [-0.2, 0) is 13.6 Å². The Morgan fingerprint density at radius 1 is 1.56 bits per heavy atom. The molecule has 0 aliphatic rings. The van der Waals surface area contributed by atoms with Crippen LogP contribution in [-0.4, -0.2) is 24.5 Å². The standard InChI is InChI=1S/C8H7BrClN5O/c1-14-2-5(12-13-14)3-15-4-11-7(10)6(9)8(15)16/h2,4H,3H2,1H3. The van der Waals surface area contributed by atoms with Crippen molar-refractivity contribution in [3.8, 4) is 0 Å². The van der Waals surface area contributed by atoms with Gasteiger partial charge in [-0.2, -0.15) is 0 Å². The number of aromatic nitrogens is 5. The molecular weight excluding hydrogens is 297 g/mol. The van der Waals surface area contributed by atoms with Crippen molar-refractivity contribution in [3.05, 3.63) is 38.2 Å². The van der Waals surface area contributed by atoms with Gasteiger partial charge in [-0.05, 0) is 15.9 Å². The van der Waals surface area contributed by atoms with Crippen molar-refractivity contribution in [2.45, 2.75) is 6.54 Å². The highest BCUT2D eigenvalue weighted by Crippen LogP contribution is 2.13. The van der Waals surface area contributed by atoms with Crippen LogP contribution >= 0.6 is 27.5 Å². The second-order valence-electron chi connectivity index (χ2n) is 3.17. The summed E-state index contributed by atoms with van der Waals surface area (Å²) < 4.78 is 3.22. The maximum Gasteiger partial charge on any atom is 0.269 e. The maximum absolute atomic E-state index is 11.7. The Morgan fingerprint density at radius 3 is 2.94 bits per heavy atom. The molecule has 0 bridgehead atoms. The molecule has 2 rings (SSSR count). The van der Waals surface area contributed by atoms with E-state index in [1.165, 1.54) is 10.9 Å². The maximum atomic E-state index is 11.7. The van der Waals surface area contributed by atoms with Crippen molar-refractivity contribution in [3.63, 3.8) is 0 Å². The van der Waals surface area contributed by atoms with E-state index in [1.807, 2.05) is 0 Å². The first-order chi connectivity index (χ1) is 7.58. The van der Waals surface area contributed by atoms with Crippen molar-refractivity contribution >= 4 is 27.5 Å². The summed E-state index contributed by atoms with van der Waals surface area (Å²) in [5.41, 5.74) is 0.436. The molecule has 84 valence electrons. The zero-order valence-electron chi connectivity index (χ0n) is 8.26. The fourth-order valence-corrected chi connectivity index (χ4v) is 1.65. The Kier molecular flexibility index (Phi) is 3.06. The van der Waals surface area contributed by atoms with Crippen LogP contribution < -0.4 is 5.56 Å². The van der Waals surface area contributed by atoms with E-state index in [9.17, 15) is 4.79 Å². The predicted octanol–water partition coefficient (Wildman–Crippen LogP) is 0.836. The number of halogens is 2. The zero-order chi connectivity index (χ0) is 11.7. The summed E-state index contributed by atoms with van der Waals surface area (Å²) in [5, 5.41) is 7.81. The minimum Gasteiger partial charge on any atom is -0.292 e. The molecule has 0 fully saturated rings. The van der Waals surface area contributed by atoms with E-state index in [-0.39, 0.29) is 15.2 Å². The predicted molar refractivity (Wildman–Crippen MR) is 61.3 cm³/mol. The van der Waals surface area contributed by atoms with Gasteiger partial charge in [0.25, 0.3) is 5.56 Å². The van der Waals surface area contributed by atoms with E-state index < -0.39 is 0 Å². The second kappa shape index (κ2) is 4.34. The molecule has 0 aromatic carbocycles. The van der Waals surface area contributed by atoms with Crippen molar-refractivity contribution < 1.29 is 0 Å². The summed E-state index contributed by atoms with van der Waals surface area (Å²) in [7, 11) is 1.76. The SMILES string of the molecule is Cn1cc(Cn2cnc(Cl)c(Br)c2=O)nn1. The van der Waals surface area contributed by atoms with Gasteiger partial charge in [-0.3, -0.25) is 14.0 Å². The van der Waals surface area contributed by atoms with Crippen LogP contribution in [0.1, 0.15) is 5.69 Å². The number of hydrogen-bond acceptors (Lipinski definition) is 4. The molecule has 0 aliphatic carbocycles. The van der Waals surface area contributed by atoms with Crippen molar-refractivity contribution in [2.75, 3.05) is 0 Å². The Hall–Kier alpha value is -1.21. The zero-order valence-corrected chi connectivity index (χ0v) is 10.6. The molecule has 0 aliphatic heterocycles. The van der Waals surface area contributed by atoms with Gasteiger partial charge >= 0.3 is 0 Å². The van der Waals surface area contributed by atoms with Gasteiger partial charge in [0, 0.05) is 13.2 Å². The topological polar surface area (TPSA) is 65.6 Å². The summed E-state index contributed by atoms with van der Waals surface area (Å²) in [6.07, 6.45) is 3.11. The lowest BCUT2D eigenvalue weighted by molar-refractivity contribution is 0.697. The number of nitrogens with zero attached hydrogens (tertiary/aromatic N) is 5. The summed E-state index contributed by atoms with van der Waals surface area (Å²) in [5.74, 6) is 0. The molecule has 0 radical (unpaired) electrons. The molecule has 0 amide bonds. The van der Waals surface area contributed by atoms with Gasteiger partial charge in [0.2, 0.25) is 0 Å². The molecular formula is C8H7BrClN5O. The highest BCUT2D eigenvalue weighted by molar-refractivity contribution is 9.10. The molecule has 0 atom stereocenters. The minimum absolute atomic E-state index is 0.153. The van der Waals surface area contributed by atoms with Gasteiger partial charge in [-0.15, -0.1) is 5.10 Å². The van der Waals surface area contributed by atoms with Crippen LogP contribution in [0, 0.1) is 0 Å². The third-order valence-electron chi connectivity index (χ3n) is 1.92.